The van der Waals surface area contributed by atoms with Gasteiger partial charge in [0.05, 0.1) is 7.11 Å². The Morgan fingerprint density at radius 2 is 2.00 bits per heavy atom. The monoisotopic (exact) mass is 189 g/mol. The quantitative estimate of drug-likeness (QED) is 0.444. The van der Waals surface area contributed by atoms with Crippen molar-refractivity contribution in [3.63, 3.8) is 0 Å². The zero-order valence-electron chi connectivity index (χ0n) is 7.14. The number of esters is 1. The topological polar surface area (TPSA) is 137 Å². The lowest BCUT2D eigenvalue weighted by Crippen LogP contribution is -2.30. The van der Waals surface area contributed by atoms with Gasteiger partial charge in [-0.05, 0) is 6.42 Å². The van der Waals surface area contributed by atoms with Crippen LogP contribution in [0.15, 0.2) is 0 Å². The number of nitrogens with two attached hydrogens (primary N) is 1. The van der Waals surface area contributed by atoms with Crippen molar-refractivity contribution >= 4 is 11.9 Å². The predicted octanol–water partition coefficient (Wildman–Crippen LogP) is -0.618. The molecule has 13 heavy (non-hydrogen) atoms. The molecule has 0 aliphatic heterocycles. The van der Waals surface area contributed by atoms with Gasteiger partial charge in [0.15, 0.2) is 0 Å². The molecule has 0 aliphatic rings. The number of carboxylic acids is 1. The highest BCUT2D eigenvalue weighted by molar-refractivity contribution is 5.75. The molecular weight excluding hydrogens is 178 g/mol. The Balaban J connectivity index is 0. The summed E-state index contributed by atoms with van der Waals surface area (Å²) < 4.78 is 4.29. The second-order valence-corrected chi connectivity index (χ2v) is 2.06. The number of carbonyl (C=O) groups is 2. The molecule has 1 atom stereocenters. The highest BCUT2D eigenvalue weighted by atomic mass is 16.5. The molecule has 0 aliphatic carbocycles. The third-order valence-electron chi connectivity index (χ3n) is 1.20. The summed E-state index contributed by atoms with van der Waals surface area (Å²) in [6.07, 6.45) is 0.159. The van der Waals surface area contributed by atoms with Gasteiger partial charge in [0.25, 0.3) is 0 Å². The molecular formula is C6H11N3O4. The van der Waals surface area contributed by atoms with Crippen LogP contribution >= 0.6 is 0 Å². The zero-order valence-corrected chi connectivity index (χ0v) is 7.14. The number of carbonyl (C=O) groups excluding carboxylic acids is 1. The molecule has 74 valence electrons. The highest BCUT2D eigenvalue weighted by Gasteiger charge is 2.12. The van der Waals surface area contributed by atoms with Crippen molar-refractivity contribution in [3.05, 3.63) is 0 Å². The van der Waals surface area contributed by atoms with Crippen LogP contribution in [-0.2, 0) is 14.3 Å². The number of hydrogen-bond donors (Lipinski definition) is 2. The molecule has 0 fully saturated rings. The van der Waals surface area contributed by atoms with Crippen LogP contribution in [0.3, 0.4) is 0 Å². The highest BCUT2D eigenvalue weighted by Crippen LogP contribution is 1.95. The van der Waals surface area contributed by atoms with Crippen LogP contribution in [0.25, 0.3) is 0 Å². The summed E-state index contributed by atoms with van der Waals surface area (Å²) in [6.45, 7) is 0. The minimum atomic E-state index is -1.10. The molecule has 0 bridgehead atoms. The Kier molecular flexibility index (Phi) is 8.99. The van der Waals surface area contributed by atoms with E-state index in [4.69, 9.17) is 21.6 Å². The first kappa shape index (κ1) is 13.9. The lowest BCUT2D eigenvalue weighted by Gasteiger charge is -2.03. The van der Waals surface area contributed by atoms with Gasteiger partial charge in [0.2, 0.25) is 0 Å². The van der Waals surface area contributed by atoms with E-state index in [1.807, 2.05) is 0 Å². The zero-order chi connectivity index (χ0) is 10.9. The van der Waals surface area contributed by atoms with E-state index in [2.05, 4.69) is 4.74 Å². The molecule has 3 N–H and O–H groups in total. The second-order valence-electron chi connectivity index (χ2n) is 2.06. The first-order chi connectivity index (χ1) is 6.07. The average molecular weight is 189 g/mol. The fourth-order valence-electron chi connectivity index (χ4n) is 0.499. The number of carboxylic acid groups (broad SMARTS) is 1. The minimum Gasteiger partial charge on any atom is -0.480 e. The first-order valence-electron chi connectivity index (χ1n) is 3.33. The molecule has 0 saturated carbocycles. The van der Waals surface area contributed by atoms with Gasteiger partial charge in [0, 0.05) is 17.2 Å². The van der Waals surface area contributed by atoms with E-state index in [9.17, 15) is 9.59 Å². The molecule has 0 radical (unpaired) electrons. The largest absolute Gasteiger partial charge is 0.480 e. The summed E-state index contributed by atoms with van der Waals surface area (Å²) in [6, 6.07) is -0.978. The molecule has 0 spiro atoms. The molecule has 0 heterocycles. The van der Waals surface area contributed by atoms with Crippen LogP contribution in [0, 0.1) is 10.8 Å². The number of methoxy groups -OCH3 is 1. The van der Waals surface area contributed by atoms with Crippen LogP contribution in [0.2, 0.25) is 0 Å². The standard InChI is InChI=1S/C6H11NO4.N2/c1-11-5(8)3-2-4(7)6(9)10;1-2/h4H,2-3,7H2,1H3,(H,9,10);. The van der Waals surface area contributed by atoms with Crippen molar-refractivity contribution in [3.8, 4) is 0 Å². The first-order valence-corrected chi connectivity index (χ1v) is 3.33. The van der Waals surface area contributed by atoms with Crippen LogP contribution in [0.1, 0.15) is 12.8 Å². The van der Waals surface area contributed by atoms with Crippen molar-refractivity contribution in [2.75, 3.05) is 7.11 Å². The molecule has 7 nitrogen and oxygen atoms in total. The molecule has 1 unspecified atom stereocenters. The fraction of sp³-hybridized carbons (Fsp3) is 0.667. The fourth-order valence-corrected chi connectivity index (χ4v) is 0.499. The van der Waals surface area contributed by atoms with Gasteiger partial charge in [-0.2, -0.15) is 0 Å². The van der Waals surface area contributed by atoms with Crippen molar-refractivity contribution in [1.29, 1.82) is 10.8 Å². The van der Waals surface area contributed by atoms with E-state index >= 15 is 0 Å². The Hall–Kier alpha value is -1.68. The van der Waals surface area contributed by atoms with Gasteiger partial charge in [-0.15, -0.1) is 0 Å². The molecule has 0 saturated heterocycles. The van der Waals surface area contributed by atoms with E-state index in [0.29, 0.717) is 0 Å². The van der Waals surface area contributed by atoms with Gasteiger partial charge in [-0.3, -0.25) is 9.59 Å². The van der Waals surface area contributed by atoms with Gasteiger partial charge in [-0.1, -0.05) is 0 Å². The Bertz CT molecular complexity index is 192. The molecule has 0 amide bonds. The maximum atomic E-state index is 10.5. The van der Waals surface area contributed by atoms with Gasteiger partial charge in [-0.25, -0.2) is 0 Å². The van der Waals surface area contributed by atoms with E-state index < -0.39 is 18.0 Å². The lowest BCUT2D eigenvalue weighted by atomic mass is 10.2. The second kappa shape index (κ2) is 8.42. The van der Waals surface area contributed by atoms with Crippen LogP contribution in [0.4, 0.5) is 0 Å². The average Bonchev–Trinajstić information content (AvgIpc) is 2.16. The summed E-state index contributed by atoms with van der Waals surface area (Å²) in [5, 5.41) is 20.3. The normalized spacial score (nSPS) is 10.5. The summed E-state index contributed by atoms with van der Waals surface area (Å²) >= 11 is 0. The van der Waals surface area contributed by atoms with Crippen molar-refractivity contribution in [1.82, 2.24) is 0 Å². The van der Waals surface area contributed by atoms with Crippen molar-refractivity contribution in [2.24, 2.45) is 5.73 Å². The lowest BCUT2D eigenvalue weighted by molar-refractivity contribution is -0.141. The molecule has 0 aromatic carbocycles. The maximum Gasteiger partial charge on any atom is 0.320 e. The summed E-state index contributed by atoms with van der Waals surface area (Å²) in [5.41, 5.74) is 5.11. The van der Waals surface area contributed by atoms with Crippen LogP contribution < -0.4 is 5.73 Å². The van der Waals surface area contributed by atoms with Crippen LogP contribution in [0.5, 0.6) is 0 Å². The molecule has 0 rings (SSSR count). The number of hydrogen-bond acceptors (Lipinski definition) is 6. The van der Waals surface area contributed by atoms with Gasteiger partial charge < -0.3 is 15.6 Å². The molecule has 7 heteroatoms. The third-order valence-corrected chi connectivity index (χ3v) is 1.20. The van der Waals surface area contributed by atoms with E-state index in [0.717, 1.165) is 0 Å². The Morgan fingerprint density at radius 3 is 2.31 bits per heavy atom. The molecule has 0 aromatic heterocycles. The van der Waals surface area contributed by atoms with E-state index in [1.54, 1.807) is 0 Å². The van der Waals surface area contributed by atoms with Crippen molar-refractivity contribution in [2.45, 2.75) is 18.9 Å². The van der Waals surface area contributed by atoms with Gasteiger partial charge in [0.1, 0.15) is 6.04 Å². The minimum absolute atomic E-state index is 0.0456. The third kappa shape index (κ3) is 8.22. The Labute approximate surface area is 74.9 Å². The number of nitrogens with zero attached hydrogens (tertiary/aromatic N) is 2. The van der Waals surface area contributed by atoms with Crippen LogP contribution in [-0.4, -0.2) is 30.2 Å². The van der Waals surface area contributed by atoms with E-state index in [1.165, 1.54) is 7.11 Å². The maximum absolute atomic E-state index is 10.5. The predicted molar refractivity (Wildman–Crippen MR) is 40.3 cm³/mol. The summed E-state index contributed by atoms with van der Waals surface area (Å²) in [7, 11) is 1.24. The smallest absolute Gasteiger partial charge is 0.320 e. The number of aliphatic carboxylic acids is 1. The van der Waals surface area contributed by atoms with E-state index in [-0.39, 0.29) is 12.8 Å². The molecule has 0 aromatic rings. The number of ether oxygens (including phenoxy) is 1. The summed E-state index contributed by atoms with van der Waals surface area (Å²) in [5.74, 6) is -1.55. The summed E-state index contributed by atoms with van der Waals surface area (Å²) in [4.78, 5) is 20.6. The Morgan fingerprint density at radius 1 is 1.54 bits per heavy atom. The number of rotatable bonds is 4. The van der Waals surface area contributed by atoms with Crippen molar-refractivity contribution < 1.29 is 19.4 Å². The van der Waals surface area contributed by atoms with Gasteiger partial charge >= 0.3 is 11.9 Å². The SMILES string of the molecule is COC(=O)CCC(N)C(=O)O.N#N.